The molecule has 1 atom stereocenters. The zero-order valence-corrected chi connectivity index (χ0v) is 11.6. The van der Waals surface area contributed by atoms with Crippen molar-refractivity contribution in [2.24, 2.45) is 0 Å². The Morgan fingerprint density at radius 3 is 2.61 bits per heavy atom. The fraction of sp³-hybridized carbons (Fsp3) is 0.600. The molecule has 0 aromatic heterocycles. The zero-order valence-electron chi connectivity index (χ0n) is 11.6. The van der Waals surface area contributed by atoms with E-state index in [1.807, 2.05) is 19.1 Å². The van der Waals surface area contributed by atoms with Gasteiger partial charge in [0, 0.05) is 31.7 Å². The first-order valence-corrected chi connectivity index (χ1v) is 6.70. The zero-order chi connectivity index (χ0) is 13.4. The van der Waals surface area contributed by atoms with Crippen molar-refractivity contribution in [1.29, 1.82) is 0 Å². The van der Waals surface area contributed by atoms with Crippen molar-refractivity contribution < 1.29 is 9.13 Å². The molecule has 1 rings (SSSR count). The Morgan fingerprint density at radius 1 is 1.28 bits per heavy atom. The topological polar surface area (TPSA) is 21.3 Å². The van der Waals surface area contributed by atoms with Gasteiger partial charge in [0.05, 0.1) is 0 Å². The Bertz CT molecular complexity index is 341. The van der Waals surface area contributed by atoms with Crippen molar-refractivity contribution in [2.45, 2.75) is 39.2 Å². The average molecular weight is 253 g/mol. The lowest BCUT2D eigenvalue weighted by Crippen LogP contribution is -2.29. The summed E-state index contributed by atoms with van der Waals surface area (Å²) in [5.41, 5.74) is 0.783. The highest BCUT2D eigenvalue weighted by molar-refractivity contribution is 5.22. The molecule has 0 fully saturated rings. The van der Waals surface area contributed by atoms with Gasteiger partial charge in [-0.3, -0.25) is 0 Å². The van der Waals surface area contributed by atoms with Gasteiger partial charge in [0.25, 0.3) is 0 Å². The monoisotopic (exact) mass is 253 g/mol. The lowest BCUT2D eigenvalue weighted by Gasteiger charge is -2.20. The minimum absolute atomic E-state index is 0.121. The third-order valence-electron chi connectivity index (χ3n) is 2.93. The maximum absolute atomic E-state index is 13.8. The highest BCUT2D eigenvalue weighted by atomic mass is 19.1. The molecule has 18 heavy (non-hydrogen) atoms. The Kier molecular flexibility index (Phi) is 6.91. The molecular weight excluding hydrogens is 229 g/mol. The Morgan fingerprint density at radius 2 is 2.00 bits per heavy atom. The minimum Gasteiger partial charge on any atom is -0.382 e. The summed E-state index contributed by atoms with van der Waals surface area (Å²) in [5.74, 6) is 0.0460. The molecule has 1 unspecified atom stereocenters. The van der Waals surface area contributed by atoms with Crippen LogP contribution in [0.25, 0.3) is 0 Å². The summed E-state index contributed by atoms with van der Waals surface area (Å²) in [6, 6.07) is 7.42. The van der Waals surface area contributed by atoms with Gasteiger partial charge < -0.3 is 10.1 Å². The van der Waals surface area contributed by atoms with Crippen LogP contribution in [0.1, 0.15) is 38.7 Å². The SMILES string of the molecule is CCOCCC(CNC(C)C)c1ccccc1F. The van der Waals surface area contributed by atoms with Crippen molar-refractivity contribution in [3.8, 4) is 0 Å². The van der Waals surface area contributed by atoms with Gasteiger partial charge in [-0.15, -0.1) is 0 Å². The average Bonchev–Trinajstić information content (AvgIpc) is 2.34. The predicted molar refractivity (Wildman–Crippen MR) is 73.4 cm³/mol. The van der Waals surface area contributed by atoms with Crippen LogP contribution in [-0.2, 0) is 4.74 Å². The molecule has 0 aliphatic rings. The highest BCUT2D eigenvalue weighted by Gasteiger charge is 2.15. The third kappa shape index (κ3) is 5.15. The molecule has 0 heterocycles. The van der Waals surface area contributed by atoms with E-state index in [9.17, 15) is 4.39 Å². The largest absolute Gasteiger partial charge is 0.382 e. The van der Waals surface area contributed by atoms with Crippen LogP contribution < -0.4 is 5.32 Å². The number of nitrogens with one attached hydrogen (secondary N) is 1. The van der Waals surface area contributed by atoms with Crippen molar-refractivity contribution in [2.75, 3.05) is 19.8 Å². The van der Waals surface area contributed by atoms with Crippen LogP contribution >= 0.6 is 0 Å². The summed E-state index contributed by atoms with van der Waals surface area (Å²) < 4.78 is 19.2. The van der Waals surface area contributed by atoms with Gasteiger partial charge >= 0.3 is 0 Å². The van der Waals surface area contributed by atoms with Crippen molar-refractivity contribution in [3.63, 3.8) is 0 Å². The molecule has 0 aliphatic heterocycles. The molecule has 1 aromatic carbocycles. The molecule has 0 spiro atoms. The molecule has 3 heteroatoms. The first-order chi connectivity index (χ1) is 8.65. The van der Waals surface area contributed by atoms with Gasteiger partial charge in [-0.05, 0) is 25.0 Å². The molecule has 0 saturated carbocycles. The van der Waals surface area contributed by atoms with Crippen LogP contribution in [0.2, 0.25) is 0 Å². The Labute approximate surface area is 110 Å². The number of halogens is 1. The molecular formula is C15H24FNO. The number of hydrogen-bond acceptors (Lipinski definition) is 2. The second-order valence-corrected chi connectivity index (χ2v) is 4.77. The molecule has 0 bridgehead atoms. The number of hydrogen-bond donors (Lipinski definition) is 1. The van der Waals surface area contributed by atoms with Crippen LogP contribution in [-0.4, -0.2) is 25.8 Å². The van der Waals surface area contributed by atoms with E-state index < -0.39 is 0 Å². The normalized spacial score (nSPS) is 12.9. The van der Waals surface area contributed by atoms with E-state index in [1.165, 1.54) is 6.07 Å². The van der Waals surface area contributed by atoms with Crippen LogP contribution in [0.3, 0.4) is 0 Å². The summed E-state index contributed by atoms with van der Waals surface area (Å²) in [5, 5.41) is 3.38. The molecule has 1 N–H and O–H groups in total. The van der Waals surface area contributed by atoms with E-state index in [0.29, 0.717) is 19.3 Å². The van der Waals surface area contributed by atoms with Gasteiger partial charge in [-0.1, -0.05) is 32.0 Å². The molecule has 0 radical (unpaired) electrons. The van der Waals surface area contributed by atoms with Crippen LogP contribution in [0.15, 0.2) is 24.3 Å². The summed E-state index contributed by atoms with van der Waals surface area (Å²) in [4.78, 5) is 0. The lowest BCUT2D eigenvalue weighted by atomic mass is 9.95. The second kappa shape index (κ2) is 8.22. The third-order valence-corrected chi connectivity index (χ3v) is 2.93. The quantitative estimate of drug-likeness (QED) is 0.717. The number of rotatable bonds is 8. The smallest absolute Gasteiger partial charge is 0.126 e. The molecule has 1 aromatic rings. The second-order valence-electron chi connectivity index (χ2n) is 4.77. The van der Waals surface area contributed by atoms with Gasteiger partial charge in [0.2, 0.25) is 0 Å². The van der Waals surface area contributed by atoms with Crippen molar-refractivity contribution in [1.82, 2.24) is 5.32 Å². The van der Waals surface area contributed by atoms with E-state index in [1.54, 1.807) is 6.07 Å². The van der Waals surface area contributed by atoms with Gasteiger partial charge in [0.15, 0.2) is 0 Å². The molecule has 0 aliphatic carbocycles. The number of ether oxygens (including phenoxy) is 1. The van der Waals surface area contributed by atoms with Gasteiger partial charge in [-0.2, -0.15) is 0 Å². The van der Waals surface area contributed by atoms with Gasteiger partial charge in [-0.25, -0.2) is 4.39 Å². The van der Waals surface area contributed by atoms with E-state index in [2.05, 4.69) is 19.2 Å². The number of benzene rings is 1. The molecule has 2 nitrogen and oxygen atoms in total. The first kappa shape index (κ1) is 15.1. The Hall–Kier alpha value is -0.930. The molecule has 0 saturated heterocycles. The fourth-order valence-electron chi connectivity index (χ4n) is 1.92. The summed E-state index contributed by atoms with van der Waals surface area (Å²) >= 11 is 0. The highest BCUT2D eigenvalue weighted by Crippen LogP contribution is 2.22. The fourth-order valence-corrected chi connectivity index (χ4v) is 1.92. The lowest BCUT2D eigenvalue weighted by molar-refractivity contribution is 0.138. The maximum atomic E-state index is 13.8. The van der Waals surface area contributed by atoms with E-state index in [4.69, 9.17) is 4.74 Å². The van der Waals surface area contributed by atoms with E-state index in [-0.39, 0.29) is 11.7 Å². The minimum atomic E-state index is -0.121. The molecule has 0 amide bonds. The maximum Gasteiger partial charge on any atom is 0.126 e. The van der Waals surface area contributed by atoms with Crippen LogP contribution in [0.5, 0.6) is 0 Å². The van der Waals surface area contributed by atoms with Crippen LogP contribution in [0, 0.1) is 5.82 Å². The first-order valence-electron chi connectivity index (χ1n) is 6.70. The summed E-state index contributed by atoms with van der Waals surface area (Å²) in [6.07, 6.45) is 0.842. The van der Waals surface area contributed by atoms with E-state index >= 15 is 0 Å². The summed E-state index contributed by atoms with van der Waals surface area (Å²) in [7, 11) is 0. The van der Waals surface area contributed by atoms with E-state index in [0.717, 1.165) is 18.5 Å². The molecule has 102 valence electrons. The Balaban J connectivity index is 2.66. The van der Waals surface area contributed by atoms with Crippen molar-refractivity contribution in [3.05, 3.63) is 35.6 Å². The standard InChI is InChI=1S/C15H24FNO/c1-4-18-10-9-13(11-17-12(2)3)14-7-5-6-8-15(14)16/h5-8,12-13,17H,4,9-11H2,1-3H3. The van der Waals surface area contributed by atoms with Crippen LogP contribution in [0.4, 0.5) is 4.39 Å². The summed E-state index contributed by atoms with van der Waals surface area (Å²) in [6.45, 7) is 8.34. The predicted octanol–water partition coefficient (Wildman–Crippen LogP) is 3.33. The van der Waals surface area contributed by atoms with Crippen molar-refractivity contribution >= 4 is 0 Å². The van der Waals surface area contributed by atoms with Gasteiger partial charge in [0.1, 0.15) is 5.82 Å².